The van der Waals surface area contributed by atoms with E-state index in [1.54, 1.807) is 38.3 Å². The van der Waals surface area contributed by atoms with E-state index in [0.717, 1.165) is 22.6 Å². The van der Waals surface area contributed by atoms with E-state index < -0.39 is 0 Å². The molecule has 144 valence electrons. The van der Waals surface area contributed by atoms with Crippen molar-refractivity contribution in [2.45, 2.75) is 27.7 Å². The van der Waals surface area contributed by atoms with Crippen LogP contribution in [0.2, 0.25) is 0 Å². The summed E-state index contributed by atoms with van der Waals surface area (Å²) in [6, 6.07) is 14.2. The Morgan fingerprint density at radius 2 is 1.93 bits per heavy atom. The predicted molar refractivity (Wildman–Crippen MR) is 110 cm³/mol. The number of ether oxygens (including phenoxy) is 1. The van der Waals surface area contributed by atoms with E-state index in [9.17, 15) is 9.18 Å². The molecule has 0 amide bonds. The van der Waals surface area contributed by atoms with E-state index in [4.69, 9.17) is 4.74 Å². The van der Waals surface area contributed by atoms with Gasteiger partial charge in [-0.1, -0.05) is 6.07 Å². The lowest BCUT2D eigenvalue weighted by Gasteiger charge is -2.11. The topological polar surface area (TPSA) is 43.6 Å². The average molecular weight is 378 g/mol. The summed E-state index contributed by atoms with van der Waals surface area (Å²) in [4.78, 5) is 16.5. The first-order valence-electron chi connectivity index (χ1n) is 9.17. The number of aliphatic imine (C=N–C) groups is 1. The number of nitrogens with zero attached hydrogens (tertiary/aromatic N) is 2. The molecule has 0 aliphatic rings. The second kappa shape index (κ2) is 8.21. The zero-order chi connectivity index (χ0) is 20.3. The number of carbonyl (C=O) groups excluding carboxylic acids is 1. The Morgan fingerprint density at radius 1 is 1.14 bits per heavy atom. The molecule has 3 aromatic rings. The van der Waals surface area contributed by atoms with Gasteiger partial charge in [0.25, 0.3) is 0 Å². The van der Waals surface area contributed by atoms with Crippen LogP contribution < -0.4 is 0 Å². The minimum absolute atomic E-state index is 0.237. The molecule has 0 aliphatic heterocycles. The van der Waals surface area contributed by atoms with Crippen molar-refractivity contribution in [3.63, 3.8) is 0 Å². The van der Waals surface area contributed by atoms with E-state index in [-0.39, 0.29) is 11.8 Å². The third kappa shape index (κ3) is 4.03. The highest BCUT2D eigenvalue weighted by Crippen LogP contribution is 2.22. The largest absolute Gasteiger partial charge is 0.462 e. The summed E-state index contributed by atoms with van der Waals surface area (Å²) in [7, 11) is 0. The van der Waals surface area contributed by atoms with Crippen LogP contribution >= 0.6 is 0 Å². The molecule has 2 aromatic carbocycles. The first-order valence-corrected chi connectivity index (χ1v) is 9.17. The Labute approximate surface area is 164 Å². The lowest BCUT2D eigenvalue weighted by Crippen LogP contribution is -2.06. The normalized spacial score (nSPS) is 11.2. The minimum Gasteiger partial charge on any atom is -0.462 e. The second-order valence-corrected chi connectivity index (χ2v) is 6.62. The molecule has 1 aromatic heterocycles. The van der Waals surface area contributed by atoms with Gasteiger partial charge in [0.1, 0.15) is 5.82 Å². The minimum atomic E-state index is -0.333. The lowest BCUT2D eigenvalue weighted by atomic mass is 10.2. The number of carbonyl (C=O) groups is 1. The second-order valence-electron chi connectivity index (χ2n) is 6.62. The third-order valence-corrected chi connectivity index (χ3v) is 4.58. The van der Waals surface area contributed by atoms with E-state index >= 15 is 0 Å². The van der Waals surface area contributed by atoms with Crippen molar-refractivity contribution in [1.82, 2.24) is 4.57 Å². The smallest absolute Gasteiger partial charge is 0.338 e. The van der Waals surface area contributed by atoms with E-state index in [1.165, 1.54) is 6.07 Å². The molecule has 3 rings (SSSR count). The van der Waals surface area contributed by atoms with E-state index in [0.29, 0.717) is 23.4 Å². The molecule has 5 heteroatoms. The van der Waals surface area contributed by atoms with Crippen LogP contribution in [-0.4, -0.2) is 23.4 Å². The highest BCUT2D eigenvalue weighted by molar-refractivity contribution is 5.90. The fourth-order valence-corrected chi connectivity index (χ4v) is 3.16. The van der Waals surface area contributed by atoms with Crippen molar-refractivity contribution >= 4 is 17.9 Å². The molecular weight excluding hydrogens is 355 g/mol. The van der Waals surface area contributed by atoms with Gasteiger partial charge in [-0.3, -0.25) is 4.99 Å². The molecule has 1 heterocycles. The summed E-state index contributed by atoms with van der Waals surface area (Å²) in [5.41, 5.74) is 5.66. The molecule has 0 spiro atoms. The van der Waals surface area contributed by atoms with Gasteiger partial charge < -0.3 is 9.30 Å². The number of benzene rings is 2. The monoisotopic (exact) mass is 378 g/mol. The zero-order valence-electron chi connectivity index (χ0n) is 16.5. The van der Waals surface area contributed by atoms with Gasteiger partial charge in [-0.25, -0.2) is 9.18 Å². The highest BCUT2D eigenvalue weighted by atomic mass is 19.1. The number of aromatic nitrogens is 1. The predicted octanol–water partition coefficient (Wildman–Crippen LogP) is 5.47. The number of hydrogen-bond donors (Lipinski definition) is 0. The van der Waals surface area contributed by atoms with Gasteiger partial charge in [-0.2, -0.15) is 0 Å². The van der Waals surface area contributed by atoms with Crippen molar-refractivity contribution in [1.29, 1.82) is 0 Å². The van der Waals surface area contributed by atoms with Gasteiger partial charge in [-0.15, -0.1) is 0 Å². The standard InChI is InChI=1S/C23H23FN2O2/c1-5-28-23(27)18-7-6-8-21(13-18)26-16(3)12-19(17(26)4)14-25-20-9-10-22(24)15(2)11-20/h6-14H,5H2,1-4H3. The van der Waals surface area contributed by atoms with Gasteiger partial charge in [0.05, 0.1) is 17.9 Å². The number of halogens is 1. The Bertz CT molecular complexity index is 1050. The molecule has 0 aliphatic carbocycles. The molecule has 0 saturated carbocycles. The summed E-state index contributed by atoms with van der Waals surface area (Å²) < 4.78 is 20.6. The first-order chi connectivity index (χ1) is 13.4. The molecule has 0 fully saturated rings. The third-order valence-electron chi connectivity index (χ3n) is 4.58. The summed E-state index contributed by atoms with van der Waals surface area (Å²) in [6.45, 7) is 7.85. The molecule has 28 heavy (non-hydrogen) atoms. The maximum absolute atomic E-state index is 13.4. The molecule has 4 nitrogen and oxygen atoms in total. The summed E-state index contributed by atoms with van der Waals surface area (Å²) in [5, 5.41) is 0. The maximum atomic E-state index is 13.4. The van der Waals surface area contributed by atoms with Crippen LogP contribution in [0.4, 0.5) is 10.1 Å². The van der Waals surface area contributed by atoms with Gasteiger partial charge in [0.15, 0.2) is 0 Å². The Hall–Kier alpha value is -3.21. The summed E-state index contributed by atoms with van der Waals surface area (Å²) >= 11 is 0. The van der Waals surface area contributed by atoms with Crippen molar-refractivity contribution in [2.24, 2.45) is 4.99 Å². The van der Waals surface area contributed by atoms with Gasteiger partial charge >= 0.3 is 5.97 Å². The molecular formula is C23H23FN2O2. The maximum Gasteiger partial charge on any atom is 0.338 e. The van der Waals surface area contributed by atoms with E-state index in [2.05, 4.69) is 9.56 Å². The number of hydrogen-bond acceptors (Lipinski definition) is 3. The molecule has 0 saturated heterocycles. The van der Waals surface area contributed by atoms with Gasteiger partial charge in [0, 0.05) is 28.9 Å². The fourth-order valence-electron chi connectivity index (χ4n) is 3.16. The van der Waals surface area contributed by atoms with Crippen LogP contribution in [0, 0.1) is 26.6 Å². The molecule has 0 atom stereocenters. The van der Waals surface area contributed by atoms with Crippen molar-refractivity contribution in [3.8, 4) is 5.69 Å². The quantitative estimate of drug-likeness (QED) is 0.436. The van der Waals surface area contributed by atoms with Gasteiger partial charge in [0.2, 0.25) is 0 Å². The molecule has 0 N–H and O–H groups in total. The van der Waals surface area contributed by atoms with Crippen LogP contribution in [0.5, 0.6) is 0 Å². The number of esters is 1. The fraction of sp³-hybridized carbons (Fsp3) is 0.217. The van der Waals surface area contributed by atoms with Crippen molar-refractivity contribution in [3.05, 3.63) is 82.4 Å². The zero-order valence-corrected chi connectivity index (χ0v) is 16.5. The van der Waals surface area contributed by atoms with Crippen molar-refractivity contribution < 1.29 is 13.9 Å². The molecule has 0 bridgehead atoms. The van der Waals surface area contributed by atoms with Crippen molar-refractivity contribution in [2.75, 3.05) is 6.61 Å². The Morgan fingerprint density at radius 3 is 2.64 bits per heavy atom. The number of aryl methyl sites for hydroxylation is 2. The molecule has 0 radical (unpaired) electrons. The van der Waals surface area contributed by atoms with Crippen LogP contribution in [0.25, 0.3) is 5.69 Å². The Kier molecular flexibility index (Phi) is 5.73. The average Bonchev–Trinajstić information content (AvgIpc) is 2.96. The highest BCUT2D eigenvalue weighted by Gasteiger charge is 2.12. The first kappa shape index (κ1) is 19.5. The van der Waals surface area contributed by atoms with Crippen LogP contribution in [-0.2, 0) is 4.74 Å². The Balaban J connectivity index is 1.94. The lowest BCUT2D eigenvalue weighted by molar-refractivity contribution is 0.0526. The molecule has 0 unspecified atom stereocenters. The van der Waals surface area contributed by atoms with Crippen LogP contribution in [0.1, 0.15) is 39.8 Å². The summed E-state index contributed by atoms with van der Waals surface area (Å²) in [5.74, 6) is -0.570. The van der Waals surface area contributed by atoms with Gasteiger partial charge in [-0.05, 0) is 75.7 Å². The van der Waals surface area contributed by atoms with Crippen LogP contribution in [0.15, 0.2) is 53.5 Å². The SMILES string of the molecule is CCOC(=O)c1cccc(-n2c(C)cc(C=Nc3ccc(F)c(C)c3)c2C)c1. The number of rotatable bonds is 5. The summed E-state index contributed by atoms with van der Waals surface area (Å²) in [6.07, 6.45) is 1.78. The van der Waals surface area contributed by atoms with E-state index in [1.807, 2.05) is 38.1 Å². The van der Waals surface area contributed by atoms with Crippen LogP contribution in [0.3, 0.4) is 0 Å².